The molecular formula is C23H24Cl2N4O2. The van der Waals surface area contributed by atoms with Crippen LogP contribution in [-0.4, -0.2) is 48.6 Å². The molecular weight excluding hydrogens is 435 g/mol. The summed E-state index contributed by atoms with van der Waals surface area (Å²) in [7, 11) is 2.16. The first-order chi connectivity index (χ1) is 15.0. The van der Waals surface area contributed by atoms with Gasteiger partial charge in [-0.1, -0.05) is 23.2 Å². The van der Waals surface area contributed by atoms with Gasteiger partial charge in [0.1, 0.15) is 11.6 Å². The zero-order valence-corrected chi connectivity index (χ0v) is 18.7. The summed E-state index contributed by atoms with van der Waals surface area (Å²) in [6.07, 6.45) is 2.47. The monoisotopic (exact) mass is 458 g/mol. The molecule has 1 aromatic heterocycles. The lowest BCUT2D eigenvalue weighted by Crippen LogP contribution is -2.31. The lowest BCUT2D eigenvalue weighted by molar-refractivity contribution is -0.118. The zero-order valence-electron chi connectivity index (χ0n) is 17.2. The second-order valence-electron chi connectivity index (χ2n) is 7.67. The molecule has 0 saturated carbocycles. The summed E-state index contributed by atoms with van der Waals surface area (Å²) in [5.74, 6) is 0.989. The number of rotatable bonds is 7. The van der Waals surface area contributed by atoms with Crippen LogP contribution in [0.2, 0.25) is 10.0 Å². The lowest BCUT2D eigenvalue weighted by atomic mass is 10.2. The third-order valence-corrected chi connectivity index (χ3v) is 5.95. The van der Waals surface area contributed by atoms with Crippen LogP contribution in [0.4, 0.5) is 11.5 Å². The number of hydrogen-bond donors (Lipinski definition) is 2. The number of nitrogens with zero attached hydrogens (tertiary/aromatic N) is 2. The van der Waals surface area contributed by atoms with Crippen molar-refractivity contribution < 1.29 is 9.53 Å². The quantitative estimate of drug-likeness (QED) is 0.517. The van der Waals surface area contributed by atoms with E-state index in [4.69, 9.17) is 27.9 Å². The van der Waals surface area contributed by atoms with Gasteiger partial charge in [0.25, 0.3) is 5.91 Å². The molecule has 0 spiro atoms. The standard InChI is InChI=1S/C23H24Cl2N4O2/c1-29-10-2-3-18(29)13-26-22-9-4-15-11-17(6-7-20(15)28-22)27-23(30)14-31-21-8-5-16(24)12-19(21)25/h4-9,11-12,18H,2-3,10,13-14H2,1H3,(H,26,28)(H,27,30). The Bertz CT molecular complexity index is 1090. The van der Waals surface area contributed by atoms with E-state index in [0.29, 0.717) is 27.5 Å². The van der Waals surface area contributed by atoms with Crippen LogP contribution in [0.25, 0.3) is 10.9 Å². The van der Waals surface area contributed by atoms with Crippen molar-refractivity contribution >= 4 is 51.5 Å². The minimum Gasteiger partial charge on any atom is -0.482 e. The highest BCUT2D eigenvalue weighted by Crippen LogP contribution is 2.27. The van der Waals surface area contributed by atoms with E-state index < -0.39 is 0 Å². The molecule has 1 saturated heterocycles. The van der Waals surface area contributed by atoms with Gasteiger partial charge >= 0.3 is 0 Å². The zero-order chi connectivity index (χ0) is 21.8. The van der Waals surface area contributed by atoms with Crippen molar-refractivity contribution in [2.45, 2.75) is 18.9 Å². The smallest absolute Gasteiger partial charge is 0.262 e. The Morgan fingerprint density at radius 2 is 2.06 bits per heavy atom. The number of aromatic nitrogens is 1. The first-order valence-electron chi connectivity index (χ1n) is 10.2. The average molecular weight is 459 g/mol. The molecule has 1 amide bonds. The summed E-state index contributed by atoms with van der Waals surface area (Å²) in [6.45, 7) is 1.89. The van der Waals surface area contributed by atoms with Crippen molar-refractivity contribution in [1.29, 1.82) is 0 Å². The summed E-state index contributed by atoms with van der Waals surface area (Å²) >= 11 is 11.9. The molecule has 0 aliphatic carbocycles. The van der Waals surface area contributed by atoms with Crippen LogP contribution in [0.1, 0.15) is 12.8 Å². The SMILES string of the molecule is CN1CCCC1CNc1ccc2cc(NC(=O)COc3ccc(Cl)cc3Cl)ccc2n1. The fraction of sp³-hybridized carbons (Fsp3) is 0.304. The van der Waals surface area contributed by atoms with Crippen LogP contribution in [0.5, 0.6) is 5.75 Å². The summed E-state index contributed by atoms with van der Waals surface area (Å²) in [5.41, 5.74) is 1.55. The number of pyridine rings is 1. The van der Waals surface area contributed by atoms with Crippen LogP contribution in [0.15, 0.2) is 48.5 Å². The number of anilines is 2. The van der Waals surface area contributed by atoms with Crippen LogP contribution in [-0.2, 0) is 4.79 Å². The van der Waals surface area contributed by atoms with Crippen molar-refractivity contribution in [1.82, 2.24) is 9.88 Å². The Morgan fingerprint density at radius 3 is 2.84 bits per heavy atom. The van der Waals surface area contributed by atoms with Crippen LogP contribution < -0.4 is 15.4 Å². The van der Waals surface area contributed by atoms with Gasteiger partial charge in [0.15, 0.2) is 6.61 Å². The minimum absolute atomic E-state index is 0.157. The fourth-order valence-corrected chi connectivity index (χ4v) is 4.16. The molecule has 1 aliphatic heterocycles. The van der Waals surface area contributed by atoms with Crippen molar-refractivity contribution in [2.24, 2.45) is 0 Å². The van der Waals surface area contributed by atoms with Gasteiger partial charge in [-0.05, 0) is 75.0 Å². The number of carbonyl (C=O) groups excluding carboxylic acids is 1. The van der Waals surface area contributed by atoms with Gasteiger partial charge in [0.05, 0.1) is 10.5 Å². The number of likely N-dealkylation sites (N-methyl/N-ethyl adjacent to an activating group) is 1. The number of amides is 1. The number of fused-ring (bicyclic) bond motifs is 1. The Hall–Kier alpha value is -2.54. The Morgan fingerprint density at radius 1 is 1.19 bits per heavy atom. The fourth-order valence-electron chi connectivity index (χ4n) is 3.69. The topological polar surface area (TPSA) is 66.5 Å². The molecule has 3 aromatic rings. The van der Waals surface area contributed by atoms with Crippen LogP contribution in [0.3, 0.4) is 0 Å². The van der Waals surface area contributed by atoms with Gasteiger partial charge < -0.3 is 20.3 Å². The van der Waals surface area contributed by atoms with E-state index in [2.05, 4.69) is 27.6 Å². The van der Waals surface area contributed by atoms with Gasteiger partial charge in [-0.2, -0.15) is 0 Å². The van der Waals surface area contributed by atoms with E-state index >= 15 is 0 Å². The first-order valence-corrected chi connectivity index (χ1v) is 11.0. The van der Waals surface area contributed by atoms with Crippen molar-refractivity contribution in [2.75, 3.05) is 37.4 Å². The maximum absolute atomic E-state index is 12.3. The minimum atomic E-state index is -0.280. The molecule has 4 rings (SSSR count). The molecule has 2 heterocycles. The highest BCUT2D eigenvalue weighted by Gasteiger charge is 2.20. The molecule has 0 radical (unpaired) electrons. The summed E-state index contributed by atoms with van der Waals surface area (Å²) in [5, 5.41) is 8.09. The van der Waals surface area contributed by atoms with E-state index in [1.165, 1.54) is 12.8 Å². The second-order valence-corrected chi connectivity index (χ2v) is 8.52. The van der Waals surface area contributed by atoms with E-state index in [0.717, 1.165) is 29.8 Å². The van der Waals surface area contributed by atoms with E-state index in [1.54, 1.807) is 18.2 Å². The van der Waals surface area contributed by atoms with Gasteiger partial charge in [-0.25, -0.2) is 4.98 Å². The van der Waals surface area contributed by atoms with Gasteiger partial charge in [0, 0.05) is 28.7 Å². The van der Waals surface area contributed by atoms with Gasteiger partial charge in [-0.3, -0.25) is 4.79 Å². The van der Waals surface area contributed by atoms with Gasteiger partial charge in [0.2, 0.25) is 0 Å². The molecule has 1 unspecified atom stereocenters. The number of likely N-dealkylation sites (tertiary alicyclic amines) is 1. The average Bonchev–Trinajstić information content (AvgIpc) is 3.16. The molecule has 1 aliphatic rings. The lowest BCUT2D eigenvalue weighted by Gasteiger charge is -2.20. The maximum Gasteiger partial charge on any atom is 0.262 e. The maximum atomic E-state index is 12.3. The molecule has 8 heteroatoms. The second kappa shape index (κ2) is 9.73. The summed E-state index contributed by atoms with van der Waals surface area (Å²) in [4.78, 5) is 19.3. The largest absolute Gasteiger partial charge is 0.482 e. The molecule has 1 atom stereocenters. The van der Waals surface area contributed by atoms with Crippen LogP contribution in [0, 0.1) is 0 Å². The Labute approximate surface area is 191 Å². The Kier molecular flexibility index (Phi) is 6.80. The number of halogens is 2. The highest BCUT2D eigenvalue weighted by molar-refractivity contribution is 6.35. The van der Waals surface area contributed by atoms with Crippen molar-refractivity contribution in [3.63, 3.8) is 0 Å². The predicted octanol–water partition coefficient (Wildman–Crippen LogP) is 5.07. The molecule has 162 valence electrons. The number of benzene rings is 2. The number of carbonyl (C=O) groups is 1. The van der Waals surface area contributed by atoms with E-state index in [-0.39, 0.29) is 12.5 Å². The first kappa shape index (κ1) is 21.7. The van der Waals surface area contributed by atoms with E-state index in [9.17, 15) is 4.79 Å². The third-order valence-electron chi connectivity index (χ3n) is 5.42. The molecule has 0 bridgehead atoms. The van der Waals surface area contributed by atoms with Crippen molar-refractivity contribution in [3.8, 4) is 5.75 Å². The molecule has 6 nitrogen and oxygen atoms in total. The summed E-state index contributed by atoms with van der Waals surface area (Å²) in [6, 6.07) is 15.0. The normalized spacial score (nSPS) is 16.4. The Balaban J connectivity index is 1.34. The van der Waals surface area contributed by atoms with E-state index in [1.807, 2.05) is 30.3 Å². The van der Waals surface area contributed by atoms with Crippen LogP contribution >= 0.6 is 23.2 Å². The predicted molar refractivity (Wildman–Crippen MR) is 126 cm³/mol. The molecule has 31 heavy (non-hydrogen) atoms. The number of ether oxygens (including phenoxy) is 1. The van der Waals surface area contributed by atoms with Crippen molar-refractivity contribution in [3.05, 3.63) is 58.6 Å². The highest BCUT2D eigenvalue weighted by atomic mass is 35.5. The van der Waals surface area contributed by atoms with Gasteiger partial charge in [-0.15, -0.1) is 0 Å². The number of hydrogen-bond acceptors (Lipinski definition) is 5. The summed E-state index contributed by atoms with van der Waals surface area (Å²) < 4.78 is 5.48. The molecule has 1 fully saturated rings. The third kappa shape index (κ3) is 5.58. The molecule has 2 N–H and O–H groups in total. The molecule has 2 aromatic carbocycles. The number of nitrogens with one attached hydrogen (secondary N) is 2.